The Labute approximate surface area is 101 Å². The number of primary sulfonamides is 1. The molecule has 1 aromatic rings. The van der Waals surface area contributed by atoms with Gasteiger partial charge in [-0.25, -0.2) is 13.6 Å². The van der Waals surface area contributed by atoms with Gasteiger partial charge in [0.2, 0.25) is 10.0 Å². The predicted molar refractivity (Wildman–Crippen MR) is 62.3 cm³/mol. The van der Waals surface area contributed by atoms with Crippen molar-refractivity contribution in [3.63, 3.8) is 0 Å². The van der Waals surface area contributed by atoms with Crippen molar-refractivity contribution in [1.82, 2.24) is 0 Å². The van der Waals surface area contributed by atoms with Crippen LogP contribution in [-0.4, -0.2) is 22.6 Å². The number of benzene rings is 1. The summed E-state index contributed by atoms with van der Waals surface area (Å²) in [5.74, 6) is 0.253. The summed E-state index contributed by atoms with van der Waals surface area (Å²) in [5, 5.41) is 5.16. The summed E-state index contributed by atoms with van der Waals surface area (Å²) in [5.41, 5.74) is 0.482. The maximum absolute atomic E-state index is 11.5. The van der Waals surface area contributed by atoms with E-state index in [1.807, 2.05) is 6.07 Å². The van der Waals surface area contributed by atoms with Crippen LogP contribution in [0.4, 0.5) is 0 Å². The highest BCUT2D eigenvalue weighted by Gasteiger charge is 2.45. The molecule has 0 heterocycles. The Kier molecular flexibility index (Phi) is 2.89. The molecule has 1 aliphatic carbocycles. The highest BCUT2D eigenvalue weighted by molar-refractivity contribution is 7.89. The minimum atomic E-state index is -3.79. The van der Waals surface area contributed by atoms with E-state index in [4.69, 9.17) is 14.6 Å². The Balaban J connectivity index is 2.54. The second-order valence-electron chi connectivity index (χ2n) is 4.11. The van der Waals surface area contributed by atoms with Gasteiger partial charge in [0, 0.05) is 7.11 Å². The number of ether oxygens (including phenoxy) is 2. The molecule has 1 aliphatic rings. The minimum Gasteiger partial charge on any atom is -0.495 e. The summed E-state index contributed by atoms with van der Waals surface area (Å²) in [4.78, 5) is 0.000764. The van der Waals surface area contributed by atoms with Crippen molar-refractivity contribution in [1.29, 1.82) is 0 Å². The van der Waals surface area contributed by atoms with E-state index in [-0.39, 0.29) is 16.2 Å². The largest absolute Gasteiger partial charge is 0.495 e. The third-order valence-corrected chi connectivity index (χ3v) is 4.02. The van der Waals surface area contributed by atoms with Gasteiger partial charge in [-0.3, -0.25) is 0 Å². The fraction of sp³-hybridized carbons (Fsp3) is 0.455. The molecule has 0 saturated heterocycles. The first-order valence-corrected chi connectivity index (χ1v) is 6.74. The molecule has 2 N–H and O–H groups in total. The second kappa shape index (κ2) is 3.97. The fourth-order valence-electron chi connectivity index (χ4n) is 1.91. The van der Waals surface area contributed by atoms with Gasteiger partial charge in [-0.1, -0.05) is 6.07 Å². The Morgan fingerprint density at radius 2 is 1.94 bits per heavy atom. The van der Waals surface area contributed by atoms with E-state index in [0.717, 1.165) is 18.4 Å². The van der Waals surface area contributed by atoms with E-state index in [0.29, 0.717) is 0 Å². The first kappa shape index (κ1) is 12.3. The molecule has 94 valence electrons. The summed E-state index contributed by atoms with van der Waals surface area (Å²) in [6.45, 7) is 0. The van der Waals surface area contributed by atoms with Crippen molar-refractivity contribution < 1.29 is 17.9 Å². The Morgan fingerprint density at radius 1 is 1.29 bits per heavy atom. The molecular weight excluding hydrogens is 242 g/mol. The molecule has 0 aromatic heterocycles. The molecule has 1 aromatic carbocycles. The number of rotatable bonds is 4. The lowest BCUT2D eigenvalue weighted by molar-refractivity contribution is 0.0787. The topological polar surface area (TPSA) is 78.6 Å². The zero-order chi connectivity index (χ0) is 12.7. The molecule has 0 radical (unpaired) electrons. The van der Waals surface area contributed by atoms with Gasteiger partial charge < -0.3 is 9.47 Å². The summed E-state index contributed by atoms with van der Waals surface area (Å²) in [7, 11) is -0.761. The summed E-state index contributed by atoms with van der Waals surface area (Å²) in [6, 6.07) is 4.95. The van der Waals surface area contributed by atoms with Crippen LogP contribution in [0.1, 0.15) is 18.4 Å². The molecule has 1 saturated carbocycles. The first-order valence-electron chi connectivity index (χ1n) is 5.19. The van der Waals surface area contributed by atoms with Crippen LogP contribution in [0.15, 0.2) is 23.1 Å². The van der Waals surface area contributed by atoms with Gasteiger partial charge in [0.15, 0.2) is 0 Å². The molecule has 0 spiro atoms. The van der Waals surface area contributed by atoms with Crippen molar-refractivity contribution in [2.75, 3.05) is 14.2 Å². The molecule has 6 heteroatoms. The van der Waals surface area contributed by atoms with Crippen molar-refractivity contribution in [3.8, 4) is 5.75 Å². The molecule has 5 nitrogen and oxygen atoms in total. The molecule has 0 aliphatic heterocycles. The van der Waals surface area contributed by atoms with Crippen LogP contribution in [0.5, 0.6) is 5.75 Å². The van der Waals surface area contributed by atoms with Crippen LogP contribution in [0.25, 0.3) is 0 Å². The fourth-order valence-corrected chi connectivity index (χ4v) is 2.63. The Morgan fingerprint density at radius 3 is 2.35 bits per heavy atom. The third-order valence-electron chi connectivity index (χ3n) is 3.09. The van der Waals surface area contributed by atoms with E-state index in [9.17, 15) is 8.42 Å². The molecule has 1 fully saturated rings. The van der Waals surface area contributed by atoms with Crippen LogP contribution in [-0.2, 0) is 20.4 Å². The minimum absolute atomic E-state index is 0.000764. The molecule has 17 heavy (non-hydrogen) atoms. The van der Waals surface area contributed by atoms with Gasteiger partial charge in [-0.2, -0.15) is 0 Å². The van der Waals surface area contributed by atoms with Crippen LogP contribution in [0.3, 0.4) is 0 Å². The van der Waals surface area contributed by atoms with Crippen molar-refractivity contribution in [3.05, 3.63) is 23.8 Å². The number of hydrogen-bond donors (Lipinski definition) is 1. The van der Waals surface area contributed by atoms with Gasteiger partial charge in [0.1, 0.15) is 10.6 Å². The first-order chi connectivity index (χ1) is 7.93. The van der Waals surface area contributed by atoms with E-state index in [1.165, 1.54) is 13.2 Å². The maximum atomic E-state index is 11.5. The molecular formula is C11H15NO4S. The highest BCUT2D eigenvalue weighted by Crippen LogP contribution is 2.49. The second-order valence-corrected chi connectivity index (χ2v) is 5.64. The SMILES string of the molecule is COc1ccc(C2(OC)CC2)cc1S(N)(=O)=O. The van der Waals surface area contributed by atoms with Crippen LogP contribution < -0.4 is 9.88 Å². The van der Waals surface area contributed by atoms with Gasteiger partial charge in [0.05, 0.1) is 12.7 Å². The van der Waals surface area contributed by atoms with E-state index in [2.05, 4.69) is 0 Å². The van der Waals surface area contributed by atoms with Crippen molar-refractivity contribution in [2.24, 2.45) is 5.14 Å². The van der Waals surface area contributed by atoms with Crippen LogP contribution in [0, 0.1) is 0 Å². The Bertz CT molecular complexity index is 534. The van der Waals surface area contributed by atoms with E-state index in [1.54, 1.807) is 13.2 Å². The van der Waals surface area contributed by atoms with Gasteiger partial charge in [-0.05, 0) is 30.5 Å². The van der Waals surface area contributed by atoms with E-state index < -0.39 is 10.0 Å². The quantitative estimate of drug-likeness (QED) is 0.872. The molecule has 0 amide bonds. The highest BCUT2D eigenvalue weighted by atomic mass is 32.2. The van der Waals surface area contributed by atoms with Gasteiger partial charge >= 0.3 is 0 Å². The lowest BCUT2D eigenvalue weighted by Gasteiger charge is -2.16. The number of hydrogen-bond acceptors (Lipinski definition) is 4. The van der Waals surface area contributed by atoms with Crippen molar-refractivity contribution >= 4 is 10.0 Å². The number of methoxy groups -OCH3 is 2. The monoisotopic (exact) mass is 257 g/mol. The lowest BCUT2D eigenvalue weighted by atomic mass is 10.1. The molecule has 0 unspecified atom stereocenters. The summed E-state index contributed by atoms with van der Waals surface area (Å²) < 4.78 is 33.3. The summed E-state index contributed by atoms with van der Waals surface area (Å²) in [6.07, 6.45) is 1.78. The molecule has 2 rings (SSSR count). The zero-order valence-electron chi connectivity index (χ0n) is 9.76. The third kappa shape index (κ3) is 2.15. The zero-order valence-corrected chi connectivity index (χ0v) is 10.6. The standard InChI is InChI=1S/C11H15NO4S/c1-15-9-4-3-8(11(16-2)5-6-11)7-10(9)17(12,13)14/h3-4,7H,5-6H2,1-2H3,(H2,12,13,14). The normalized spacial score (nSPS) is 17.8. The summed E-state index contributed by atoms with van der Waals surface area (Å²) >= 11 is 0. The smallest absolute Gasteiger partial charge is 0.241 e. The van der Waals surface area contributed by atoms with Crippen LogP contribution >= 0.6 is 0 Å². The molecule has 0 bridgehead atoms. The number of sulfonamides is 1. The predicted octanol–water partition coefficient (Wildman–Crippen LogP) is 0.978. The van der Waals surface area contributed by atoms with Gasteiger partial charge in [-0.15, -0.1) is 0 Å². The average molecular weight is 257 g/mol. The van der Waals surface area contributed by atoms with Crippen LogP contribution in [0.2, 0.25) is 0 Å². The number of nitrogens with two attached hydrogens (primary N) is 1. The molecule has 0 atom stereocenters. The van der Waals surface area contributed by atoms with Crippen molar-refractivity contribution in [2.45, 2.75) is 23.3 Å². The van der Waals surface area contributed by atoms with Gasteiger partial charge in [0.25, 0.3) is 0 Å². The lowest BCUT2D eigenvalue weighted by Crippen LogP contribution is -2.16. The average Bonchev–Trinajstić information content (AvgIpc) is 3.08. The maximum Gasteiger partial charge on any atom is 0.241 e. The van der Waals surface area contributed by atoms with E-state index >= 15 is 0 Å². The Hall–Kier alpha value is -1.11.